The molecule has 39 heteroatoms. The number of carbonyl (C=O) groups excluding carboxylic acids is 16. The molecule has 0 spiro atoms. The summed E-state index contributed by atoms with van der Waals surface area (Å²) in [5.41, 5.74) is 20.9. The van der Waals surface area contributed by atoms with E-state index in [4.69, 9.17) is 22.2 Å². The van der Waals surface area contributed by atoms with Crippen LogP contribution < -0.4 is 70.4 Å². The summed E-state index contributed by atoms with van der Waals surface area (Å²) in [4.78, 5) is 247. The Labute approximate surface area is 772 Å². The van der Waals surface area contributed by atoms with Gasteiger partial charge >= 0.3 is 0 Å². The summed E-state index contributed by atoms with van der Waals surface area (Å²) in [6, 6.07) is 25.9. The summed E-state index contributed by atoms with van der Waals surface area (Å²) in [7, 11) is 5.20. The van der Waals surface area contributed by atoms with Crippen molar-refractivity contribution in [2.75, 3.05) is 65.9 Å². The van der Waals surface area contributed by atoms with Crippen molar-refractivity contribution in [1.29, 1.82) is 0 Å². The smallest absolute Gasteiger partial charge is 0.245 e. The number of thioether (sulfide) groups is 1. The third-order valence-corrected chi connectivity index (χ3v) is 24.5. The molecule has 1 aliphatic heterocycles. The Morgan fingerprint density at radius 1 is 0.485 bits per heavy atom. The molecule has 132 heavy (non-hydrogen) atoms. The van der Waals surface area contributed by atoms with E-state index < -0.39 is 204 Å². The first-order valence-electron chi connectivity index (χ1n) is 43.5. The lowest BCUT2D eigenvalue weighted by Crippen LogP contribution is -2.61. The zero-order chi connectivity index (χ0) is 95.8. The van der Waals surface area contributed by atoms with Crippen LogP contribution in [0.25, 0.3) is 21.1 Å². The number of phenols is 2. The third-order valence-electron chi connectivity index (χ3n) is 22.3. The number of fused-ring (bicyclic) bond motifs is 2. The Balaban J connectivity index is 1.11. The number of phenolic OH excluding ortho intramolecular Hbond substituents is 2. The first-order valence-corrected chi connectivity index (χ1v) is 45.4. The molecule has 704 valence electrons. The van der Waals surface area contributed by atoms with E-state index in [9.17, 15) is 48.6 Å². The largest absolute Gasteiger partial charge is 0.508 e. The second-order valence-electron chi connectivity index (χ2n) is 33.0. The molecule has 1 fully saturated rings. The van der Waals surface area contributed by atoms with Gasteiger partial charge in [0.2, 0.25) is 94.5 Å². The number of aromatic amines is 1. The Hall–Kier alpha value is -13.8. The lowest BCUT2D eigenvalue weighted by molar-refractivity contribution is -0.147. The van der Waals surface area contributed by atoms with Crippen molar-refractivity contribution in [2.45, 2.75) is 171 Å². The zero-order valence-corrected chi connectivity index (χ0v) is 76.3. The van der Waals surface area contributed by atoms with E-state index in [1.165, 1.54) is 88.1 Å². The number of nitrogens with two attached hydrogens (primary N) is 3. The van der Waals surface area contributed by atoms with Crippen molar-refractivity contribution >= 4 is 139 Å². The number of amides is 16. The summed E-state index contributed by atoms with van der Waals surface area (Å²) in [5, 5.41) is 48.8. The molecule has 1 aliphatic rings. The fourth-order valence-electron chi connectivity index (χ4n) is 15.1. The molecule has 3 heterocycles. The number of aromatic nitrogens is 2. The number of benzene rings is 6. The molecule has 16 amide bonds. The van der Waals surface area contributed by atoms with Crippen LogP contribution in [0.1, 0.15) is 98.5 Å². The molecule has 0 unspecified atom stereocenters. The van der Waals surface area contributed by atoms with E-state index in [1.54, 1.807) is 105 Å². The lowest BCUT2D eigenvalue weighted by atomic mass is 9.98. The van der Waals surface area contributed by atoms with E-state index in [0.717, 1.165) is 36.1 Å². The highest BCUT2D eigenvalue weighted by Crippen LogP contribution is 2.26. The van der Waals surface area contributed by atoms with Crippen LogP contribution in [-0.4, -0.2) is 267 Å². The van der Waals surface area contributed by atoms with Crippen molar-refractivity contribution in [3.63, 3.8) is 0 Å². The van der Waals surface area contributed by atoms with Gasteiger partial charge < -0.3 is 105 Å². The number of hydrogen-bond acceptors (Lipinski definition) is 22. The van der Waals surface area contributed by atoms with Gasteiger partial charge in [-0.15, -0.1) is 23.1 Å². The van der Waals surface area contributed by atoms with E-state index in [-0.39, 0.29) is 82.3 Å². The molecule has 8 aromatic rings. The molecule has 11 atom stereocenters. The first kappa shape index (κ1) is 102. The predicted molar refractivity (Wildman–Crippen MR) is 496 cm³/mol. The van der Waals surface area contributed by atoms with Gasteiger partial charge in [-0.05, 0) is 108 Å². The fourth-order valence-corrected chi connectivity index (χ4v) is 16.9. The van der Waals surface area contributed by atoms with Crippen molar-refractivity contribution in [3.05, 3.63) is 197 Å². The van der Waals surface area contributed by atoms with Crippen molar-refractivity contribution in [2.24, 2.45) is 23.1 Å². The number of rotatable bonds is 25. The van der Waals surface area contributed by atoms with Crippen molar-refractivity contribution < 1.29 is 86.9 Å². The number of nitrogens with one attached hydrogen (secondary N) is 11. The number of aromatic hydroxyl groups is 2. The fraction of sp³-hybridized carbons (Fsp3) is 0.409. The molecule has 0 saturated carbocycles. The normalized spacial score (nSPS) is 21.6. The number of primary amides is 2. The Kier molecular flexibility index (Phi) is 38.5. The predicted octanol–water partition coefficient (Wildman–Crippen LogP) is 1.08. The SMILES string of the molecule is CCCC[C@H]1C(=O)N(C)CC(=O)N[C@@H](CC(N)=O)C(=O)N[C@@H](C(C)C)C(=O)N(C)[C@@H](Cc2ccccc2)C(=O)N[C@@H](Cc2ccc(O)cc2)C(=O)N(C)CC(=O)N[C@@H](Cc2c[nH]c3ccccc23)C(=O)N[C@@H](Cc2ccc(O)cc2)C(=O)N[C@@H](CCCN)C(=O)N[C@H](C(=O)NCC(N)=O)CSCC(=O)N[C@@H](Cc2ccccc2)C(=O)N[C@@H](CCc2nc3ccccc3s2)C(=O)N1C. The van der Waals surface area contributed by atoms with Gasteiger partial charge in [0.25, 0.3) is 0 Å². The Morgan fingerprint density at radius 2 is 0.985 bits per heavy atom. The van der Waals surface area contributed by atoms with Crippen LogP contribution in [0.5, 0.6) is 11.5 Å². The Bertz CT molecular complexity index is 5340. The first-order chi connectivity index (χ1) is 63.1. The van der Waals surface area contributed by atoms with Gasteiger partial charge in [0.05, 0.1) is 47.0 Å². The van der Waals surface area contributed by atoms with Gasteiger partial charge in [0.1, 0.15) is 78.0 Å². The van der Waals surface area contributed by atoms with E-state index in [0.29, 0.717) is 62.1 Å². The second-order valence-corrected chi connectivity index (χ2v) is 35.1. The number of carbonyl (C=O) groups is 16. The molecule has 19 N–H and O–H groups in total. The number of nitrogens with zero attached hydrogens (tertiary/aromatic N) is 5. The third kappa shape index (κ3) is 30.4. The van der Waals surface area contributed by atoms with Crippen molar-refractivity contribution in [3.8, 4) is 11.5 Å². The number of hydrogen-bond donors (Lipinski definition) is 16. The van der Waals surface area contributed by atoms with Crippen LogP contribution in [0.15, 0.2) is 164 Å². The summed E-state index contributed by atoms with van der Waals surface area (Å²) in [6.07, 6.45) is 0.410. The van der Waals surface area contributed by atoms with Gasteiger partial charge in [0, 0.05) is 89.6 Å². The maximum atomic E-state index is 15.5. The monoisotopic (exact) mass is 1850 g/mol. The van der Waals surface area contributed by atoms with Gasteiger partial charge in [-0.1, -0.05) is 149 Å². The molecule has 37 nitrogen and oxygen atoms in total. The quantitative estimate of drug-likeness (QED) is 0.0381. The number of aryl methyl sites for hydroxylation is 1. The average molecular weight is 1850 g/mol. The summed E-state index contributed by atoms with van der Waals surface area (Å²) >= 11 is 2.17. The highest BCUT2D eigenvalue weighted by Gasteiger charge is 2.41. The maximum absolute atomic E-state index is 15.5. The van der Waals surface area contributed by atoms with Crippen LogP contribution in [0.4, 0.5) is 0 Å². The lowest BCUT2D eigenvalue weighted by Gasteiger charge is -2.34. The van der Waals surface area contributed by atoms with E-state index in [2.05, 4.69) is 58.2 Å². The molecule has 6 aromatic carbocycles. The summed E-state index contributed by atoms with van der Waals surface area (Å²) in [6.45, 7) is 2.72. The second kappa shape index (κ2) is 49.8. The van der Waals surface area contributed by atoms with E-state index in [1.807, 2.05) is 31.2 Å². The minimum absolute atomic E-state index is 0.0206. The zero-order valence-electron chi connectivity index (χ0n) is 74.7. The van der Waals surface area contributed by atoms with Gasteiger partial charge in [-0.2, -0.15) is 0 Å². The molecular formula is C93H117N19O18S2. The molecule has 0 bridgehead atoms. The van der Waals surface area contributed by atoms with Crippen LogP contribution in [0.2, 0.25) is 0 Å². The highest BCUT2D eigenvalue weighted by molar-refractivity contribution is 8.00. The minimum Gasteiger partial charge on any atom is -0.508 e. The number of para-hydroxylation sites is 2. The van der Waals surface area contributed by atoms with Crippen LogP contribution in [0.3, 0.4) is 0 Å². The number of thiazole rings is 1. The molecule has 9 rings (SSSR count). The summed E-state index contributed by atoms with van der Waals surface area (Å²) < 4.78 is 0.838. The number of H-pyrrole nitrogens is 1. The Morgan fingerprint density at radius 3 is 1.58 bits per heavy atom. The standard InChI is InChI=1S/C93H117N19O18S2/c1-8-9-29-73-92(129)110(5)51-79(118)100-70(47-76(95)115)88(125)108-82(54(2)3)93(130)112(7)74(45-56-23-14-11-15-24-56)89(126)106-71(44-58-33-37-61(114)38-34-58)90(127)109(4)50-78(117)99-69(46-59-48-97-63-26-17-16-25-62(59)63)87(124)105-68(43-57-31-35-60(113)36-32-57)86(123)103-65(28-20-41-94)84(121)107-72(83(120)98-49-77(96)116)52-131-53-80(119)101-67(42-55-21-12-10-13-22-55)85(122)104-66(91(128)111(73)6)39-40-81-102-64-27-18-19-30-75(64)132-81/h10-19,21-27,30-38,48,54,65-74,82,97,113-114H,8-9,20,28-29,39-47,49-53,94H2,1-7H3,(H2,95,115)(H2,96,116)(H,98,120)(H,99,117)(H,100,118)(H,101,119)(H,103,123)(H,104,122)(H,105,124)(H,106,126)(H,107,121)(H,108,125)/t65-,66-,67-,68-,69-,70-,71-,72-,73-,74-,82-/m0/s1. The van der Waals surface area contributed by atoms with Gasteiger partial charge in [0.15, 0.2) is 0 Å². The molecule has 1 saturated heterocycles. The van der Waals surface area contributed by atoms with Crippen molar-refractivity contribution in [1.82, 2.24) is 82.7 Å². The van der Waals surface area contributed by atoms with Crippen LogP contribution >= 0.6 is 23.1 Å². The number of likely N-dealkylation sites (N-methyl/N-ethyl adjacent to an activating group) is 4. The maximum Gasteiger partial charge on any atom is 0.245 e. The van der Waals surface area contributed by atoms with Crippen LogP contribution in [-0.2, 0) is 115 Å². The minimum atomic E-state index is -1.79. The molecule has 0 radical (unpaired) electrons. The topological polar surface area (TPSA) is 554 Å². The molecule has 0 aliphatic carbocycles. The van der Waals surface area contributed by atoms with E-state index >= 15 is 38.4 Å². The van der Waals surface area contributed by atoms with Gasteiger partial charge in [-0.3, -0.25) is 76.7 Å². The van der Waals surface area contributed by atoms with Gasteiger partial charge in [-0.25, -0.2) is 4.98 Å². The van der Waals surface area contributed by atoms with Crippen LogP contribution in [0, 0.1) is 5.92 Å². The number of unbranched alkanes of at least 4 members (excludes halogenated alkanes) is 1. The molecule has 2 aromatic heterocycles. The molecular weight excluding hydrogens is 1740 g/mol. The summed E-state index contributed by atoms with van der Waals surface area (Å²) in [5.74, 6) is -16.7. The highest BCUT2D eigenvalue weighted by atomic mass is 32.2. The average Bonchev–Trinajstić information content (AvgIpc) is 1.83.